The molecule has 2 rings (SSSR count). The third-order valence-corrected chi connectivity index (χ3v) is 4.43. The van der Waals surface area contributed by atoms with Crippen molar-refractivity contribution in [3.8, 4) is 0 Å². The lowest BCUT2D eigenvalue weighted by molar-refractivity contribution is 0.471. The van der Waals surface area contributed by atoms with Gasteiger partial charge < -0.3 is 10.6 Å². The number of aryl methyl sites for hydroxylation is 1. The molecule has 1 aliphatic rings. The summed E-state index contributed by atoms with van der Waals surface area (Å²) in [5.74, 6) is 0. The first-order chi connectivity index (χ1) is 8.50. The van der Waals surface area contributed by atoms with Crippen molar-refractivity contribution in [2.75, 3.05) is 18.0 Å². The minimum atomic E-state index is -0.0538. The minimum Gasteiger partial charge on any atom is -0.393 e. The van der Waals surface area contributed by atoms with Crippen LogP contribution in [0.15, 0.2) is 24.3 Å². The van der Waals surface area contributed by atoms with E-state index in [9.17, 15) is 0 Å². The van der Waals surface area contributed by atoms with E-state index in [1.54, 1.807) is 0 Å². The molecule has 2 nitrogen and oxygen atoms in total. The van der Waals surface area contributed by atoms with Crippen molar-refractivity contribution in [1.82, 2.24) is 0 Å². The van der Waals surface area contributed by atoms with E-state index < -0.39 is 0 Å². The molecule has 3 heteroatoms. The molecule has 2 N–H and O–H groups in total. The number of hydrogen-bond acceptors (Lipinski definition) is 2. The molecule has 0 unspecified atom stereocenters. The Kier molecular flexibility index (Phi) is 3.91. The van der Waals surface area contributed by atoms with Gasteiger partial charge in [0.2, 0.25) is 0 Å². The van der Waals surface area contributed by atoms with E-state index in [0.717, 1.165) is 19.5 Å². The summed E-state index contributed by atoms with van der Waals surface area (Å²) in [5.41, 5.74) is 8.60. The van der Waals surface area contributed by atoms with Crippen LogP contribution in [0, 0.1) is 5.41 Å². The smallest absolute Gasteiger partial charge is 0.0785 e. The summed E-state index contributed by atoms with van der Waals surface area (Å²) in [4.78, 5) is 3.09. The summed E-state index contributed by atoms with van der Waals surface area (Å²) >= 11 is 5.14. The van der Waals surface area contributed by atoms with Gasteiger partial charge in [-0.05, 0) is 30.9 Å². The highest BCUT2D eigenvalue weighted by Gasteiger charge is 2.24. The highest BCUT2D eigenvalue weighted by molar-refractivity contribution is 7.80. The van der Waals surface area contributed by atoms with Crippen molar-refractivity contribution in [1.29, 1.82) is 0 Å². The SMILES string of the molecule is CC(C)(CCN1CCCc2ccccc21)C(N)=S. The number of benzene rings is 1. The van der Waals surface area contributed by atoms with Gasteiger partial charge in [-0.2, -0.15) is 0 Å². The number of para-hydroxylation sites is 1. The van der Waals surface area contributed by atoms with Crippen LogP contribution in [0.3, 0.4) is 0 Å². The van der Waals surface area contributed by atoms with E-state index in [-0.39, 0.29) is 5.41 Å². The van der Waals surface area contributed by atoms with E-state index in [1.165, 1.54) is 24.1 Å². The predicted octanol–water partition coefficient (Wildman–Crippen LogP) is 3.14. The number of nitrogens with two attached hydrogens (primary N) is 1. The molecule has 0 bridgehead atoms. The monoisotopic (exact) mass is 262 g/mol. The topological polar surface area (TPSA) is 29.3 Å². The molecule has 1 aromatic rings. The molecular weight excluding hydrogens is 240 g/mol. The Hall–Kier alpha value is -1.09. The Labute approximate surface area is 115 Å². The molecule has 0 fully saturated rings. The molecule has 0 saturated carbocycles. The highest BCUT2D eigenvalue weighted by atomic mass is 32.1. The van der Waals surface area contributed by atoms with Crippen LogP contribution >= 0.6 is 12.2 Å². The van der Waals surface area contributed by atoms with Crippen LogP contribution in [-0.2, 0) is 6.42 Å². The summed E-state index contributed by atoms with van der Waals surface area (Å²) < 4.78 is 0. The minimum absolute atomic E-state index is 0.0538. The van der Waals surface area contributed by atoms with Gasteiger partial charge in [0, 0.05) is 24.2 Å². The van der Waals surface area contributed by atoms with E-state index in [0.29, 0.717) is 4.99 Å². The lowest BCUT2D eigenvalue weighted by Gasteiger charge is -2.34. The zero-order chi connectivity index (χ0) is 13.2. The van der Waals surface area contributed by atoms with Crippen LogP contribution in [0.4, 0.5) is 5.69 Å². The van der Waals surface area contributed by atoms with E-state index >= 15 is 0 Å². The average Bonchev–Trinajstić information content (AvgIpc) is 2.36. The first-order valence-corrected chi connectivity index (χ1v) is 7.04. The predicted molar refractivity (Wildman–Crippen MR) is 82.2 cm³/mol. The fourth-order valence-electron chi connectivity index (χ4n) is 2.38. The average molecular weight is 262 g/mol. The molecular formula is C15H22N2S. The third kappa shape index (κ3) is 2.83. The summed E-state index contributed by atoms with van der Waals surface area (Å²) in [7, 11) is 0. The van der Waals surface area contributed by atoms with E-state index in [2.05, 4.69) is 43.0 Å². The Morgan fingerprint density at radius 2 is 2.11 bits per heavy atom. The van der Waals surface area contributed by atoms with Crippen LogP contribution in [0.5, 0.6) is 0 Å². The molecule has 98 valence electrons. The van der Waals surface area contributed by atoms with Gasteiger partial charge in [-0.3, -0.25) is 0 Å². The van der Waals surface area contributed by atoms with Crippen molar-refractivity contribution in [3.63, 3.8) is 0 Å². The second kappa shape index (κ2) is 5.27. The van der Waals surface area contributed by atoms with Gasteiger partial charge in [0.15, 0.2) is 0 Å². The van der Waals surface area contributed by atoms with Crippen molar-refractivity contribution in [2.24, 2.45) is 11.1 Å². The van der Waals surface area contributed by atoms with Crippen molar-refractivity contribution in [2.45, 2.75) is 33.1 Å². The molecule has 0 amide bonds. The highest BCUT2D eigenvalue weighted by Crippen LogP contribution is 2.29. The van der Waals surface area contributed by atoms with E-state index in [4.69, 9.17) is 18.0 Å². The number of thiocarbonyl (C=S) groups is 1. The number of anilines is 1. The van der Waals surface area contributed by atoms with Gasteiger partial charge in [0.05, 0.1) is 4.99 Å². The standard InChI is InChI=1S/C15H22N2S/c1-15(2,14(16)18)9-11-17-10-5-7-12-6-3-4-8-13(12)17/h3-4,6,8H,5,7,9-11H2,1-2H3,(H2,16,18). The maximum atomic E-state index is 5.79. The zero-order valence-corrected chi connectivity index (χ0v) is 12.1. The second-order valence-electron chi connectivity index (χ2n) is 5.72. The van der Waals surface area contributed by atoms with Crippen molar-refractivity contribution in [3.05, 3.63) is 29.8 Å². The van der Waals surface area contributed by atoms with Crippen molar-refractivity contribution < 1.29 is 0 Å². The first kappa shape index (κ1) is 13.3. The maximum absolute atomic E-state index is 5.79. The Bertz CT molecular complexity index is 440. The molecule has 0 saturated heterocycles. The van der Waals surface area contributed by atoms with Crippen LogP contribution in [0.2, 0.25) is 0 Å². The summed E-state index contributed by atoms with van der Waals surface area (Å²) in [5, 5.41) is 0. The largest absolute Gasteiger partial charge is 0.393 e. The van der Waals surface area contributed by atoms with Crippen LogP contribution in [0.1, 0.15) is 32.3 Å². The Morgan fingerprint density at radius 3 is 2.83 bits per heavy atom. The van der Waals surface area contributed by atoms with Gasteiger partial charge in [0.1, 0.15) is 0 Å². The maximum Gasteiger partial charge on any atom is 0.0785 e. The molecule has 0 aliphatic carbocycles. The molecule has 0 aromatic heterocycles. The molecule has 0 radical (unpaired) electrons. The summed E-state index contributed by atoms with van der Waals surface area (Å²) in [6.45, 7) is 6.43. The summed E-state index contributed by atoms with van der Waals surface area (Å²) in [6, 6.07) is 8.71. The zero-order valence-electron chi connectivity index (χ0n) is 11.3. The van der Waals surface area contributed by atoms with Gasteiger partial charge in [-0.25, -0.2) is 0 Å². The number of rotatable bonds is 4. The Morgan fingerprint density at radius 1 is 1.39 bits per heavy atom. The fraction of sp³-hybridized carbons (Fsp3) is 0.533. The number of nitrogens with zero attached hydrogens (tertiary/aromatic N) is 1. The molecule has 0 atom stereocenters. The molecule has 18 heavy (non-hydrogen) atoms. The normalized spacial score (nSPS) is 15.3. The van der Waals surface area contributed by atoms with Gasteiger partial charge >= 0.3 is 0 Å². The van der Waals surface area contributed by atoms with Gasteiger partial charge in [-0.1, -0.05) is 44.3 Å². The van der Waals surface area contributed by atoms with Crippen LogP contribution in [0.25, 0.3) is 0 Å². The lowest BCUT2D eigenvalue weighted by atomic mass is 9.88. The molecule has 1 aromatic carbocycles. The van der Waals surface area contributed by atoms with Gasteiger partial charge in [-0.15, -0.1) is 0 Å². The second-order valence-corrected chi connectivity index (χ2v) is 6.16. The van der Waals surface area contributed by atoms with Crippen LogP contribution in [-0.4, -0.2) is 18.1 Å². The first-order valence-electron chi connectivity index (χ1n) is 6.63. The molecule has 1 heterocycles. The fourth-order valence-corrected chi connectivity index (χ4v) is 2.48. The van der Waals surface area contributed by atoms with Gasteiger partial charge in [0.25, 0.3) is 0 Å². The molecule has 1 aliphatic heterocycles. The summed E-state index contributed by atoms with van der Waals surface area (Å²) in [6.07, 6.45) is 3.45. The number of hydrogen-bond donors (Lipinski definition) is 1. The quantitative estimate of drug-likeness (QED) is 0.845. The van der Waals surface area contributed by atoms with Crippen LogP contribution < -0.4 is 10.6 Å². The third-order valence-electron chi connectivity index (χ3n) is 3.88. The molecule has 0 spiro atoms. The lowest BCUT2D eigenvalue weighted by Crippen LogP contribution is -2.37. The number of fused-ring (bicyclic) bond motifs is 1. The van der Waals surface area contributed by atoms with E-state index in [1.807, 2.05) is 0 Å². The Balaban J connectivity index is 2.06. The van der Waals surface area contributed by atoms with Crippen molar-refractivity contribution >= 4 is 22.9 Å².